The smallest absolute Gasteiger partial charge is 0.359 e. The maximum absolute atomic E-state index is 13.5. The van der Waals surface area contributed by atoms with E-state index in [1.165, 1.54) is 33.6 Å². The van der Waals surface area contributed by atoms with E-state index in [0.29, 0.717) is 31.0 Å². The Bertz CT molecular complexity index is 1450. The lowest BCUT2D eigenvalue weighted by molar-refractivity contribution is 0.0451. The number of nitrogens with one attached hydrogen (secondary N) is 1. The lowest BCUT2D eigenvalue weighted by Crippen LogP contribution is -2.31. The van der Waals surface area contributed by atoms with E-state index in [1.807, 2.05) is 13.8 Å². The number of halogens is 1. The van der Waals surface area contributed by atoms with Gasteiger partial charge in [0, 0.05) is 19.3 Å². The third kappa shape index (κ3) is 4.54. The van der Waals surface area contributed by atoms with Crippen LogP contribution in [-0.2, 0) is 24.4 Å². The molecule has 1 N–H and O–H groups in total. The first-order valence-corrected chi connectivity index (χ1v) is 11.1. The highest BCUT2D eigenvalue weighted by Crippen LogP contribution is 2.15. The minimum absolute atomic E-state index is 0.0418. The largest absolute Gasteiger partial charge is 0.453 e. The summed E-state index contributed by atoms with van der Waals surface area (Å²) in [6, 6.07) is 7.29. The fourth-order valence-electron chi connectivity index (χ4n) is 3.72. The highest BCUT2D eigenvalue weighted by molar-refractivity contribution is 5.87. The van der Waals surface area contributed by atoms with E-state index in [1.54, 1.807) is 16.7 Å². The monoisotopic (exact) mass is 468 g/mol. The number of hydrogen-bond acceptors (Lipinski definition) is 6. The number of hydrogen-bond donors (Lipinski definition) is 1. The van der Waals surface area contributed by atoms with Gasteiger partial charge in [-0.2, -0.15) is 5.10 Å². The molecule has 3 aromatic heterocycles. The second-order valence-corrected chi connectivity index (χ2v) is 7.82. The van der Waals surface area contributed by atoms with Crippen LogP contribution in [0.3, 0.4) is 0 Å². The number of benzene rings is 1. The first-order valence-electron chi connectivity index (χ1n) is 11.1. The molecular formula is C23H25FN6O4. The molecule has 4 aromatic rings. The maximum Gasteiger partial charge on any atom is 0.359 e. The summed E-state index contributed by atoms with van der Waals surface area (Å²) in [5.74, 6) is -0.752. The molecule has 11 heteroatoms. The number of unbranched alkanes of at least 4 members (excludes halogenated alkanes) is 1. The highest BCUT2D eigenvalue weighted by atomic mass is 19.1. The van der Waals surface area contributed by atoms with Crippen LogP contribution in [0.2, 0.25) is 0 Å². The molecular weight excluding hydrogens is 443 g/mol. The number of esters is 1. The number of carbonyl (C=O) groups excluding carboxylic acids is 1. The molecule has 10 nitrogen and oxygen atoms in total. The number of aromatic nitrogens is 6. The zero-order chi connectivity index (χ0) is 24.2. The van der Waals surface area contributed by atoms with Gasteiger partial charge >= 0.3 is 11.7 Å². The van der Waals surface area contributed by atoms with Gasteiger partial charge in [-0.05, 0) is 37.1 Å². The van der Waals surface area contributed by atoms with Crippen LogP contribution in [0.5, 0.6) is 0 Å². The first-order chi connectivity index (χ1) is 16.4. The van der Waals surface area contributed by atoms with Crippen molar-refractivity contribution in [1.29, 1.82) is 0 Å². The van der Waals surface area contributed by atoms with E-state index in [0.717, 1.165) is 12.8 Å². The van der Waals surface area contributed by atoms with E-state index in [-0.39, 0.29) is 23.5 Å². The van der Waals surface area contributed by atoms with E-state index in [4.69, 9.17) is 4.74 Å². The van der Waals surface area contributed by atoms with Crippen molar-refractivity contribution in [1.82, 2.24) is 28.9 Å². The number of rotatable bonds is 9. The van der Waals surface area contributed by atoms with Crippen LogP contribution >= 0.6 is 0 Å². The summed E-state index contributed by atoms with van der Waals surface area (Å²) in [6.45, 7) is 4.63. The lowest BCUT2D eigenvalue weighted by atomic mass is 10.3. The maximum atomic E-state index is 13.5. The average Bonchev–Trinajstić information content (AvgIpc) is 3.44. The van der Waals surface area contributed by atoms with E-state index in [9.17, 15) is 18.8 Å². The number of fused-ring (bicyclic) bond motifs is 1. The van der Waals surface area contributed by atoms with Crippen molar-refractivity contribution in [3.05, 3.63) is 74.7 Å². The highest BCUT2D eigenvalue weighted by Gasteiger charge is 2.20. The van der Waals surface area contributed by atoms with Crippen LogP contribution in [0.1, 0.15) is 49.4 Å². The van der Waals surface area contributed by atoms with Gasteiger partial charge in [-0.3, -0.25) is 14.3 Å². The van der Waals surface area contributed by atoms with E-state index >= 15 is 0 Å². The Balaban J connectivity index is 1.61. The third-order valence-corrected chi connectivity index (χ3v) is 5.35. The number of aromatic amines is 1. The fraction of sp³-hybridized carbons (Fsp3) is 0.348. The van der Waals surface area contributed by atoms with Crippen LogP contribution in [0.4, 0.5) is 4.39 Å². The van der Waals surface area contributed by atoms with Crippen molar-refractivity contribution in [2.24, 2.45) is 0 Å². The molecule has 0 aliphatic rings. The normalized spacial score (nSPS) is 11.3. The van der Waals surface area contributed by atoms with E-state index in [2.05, 4.69) is 15.1 Å². The van der Waals surface area contributed by atoms with Crippen molar-refractivity contribution < 1.29 is 13.9 Å². The molecule has 0 radical (unpaired) electrons. The molecule has 0 saturated carbocycles. The van der Waals surface area contributed by atoms with E-state index < -0.39 is 23.0 Å². The zero-order valence-corrected chi connectivity index (χ0v) is 19.0. The van der Waals surface area contributed by atoms with Gasteiger partial charge in [0.15, 0.2) is 16.9 Å². The Hall–Kier alpha value is -4.02. The van der Waals surface area contributed by atoms with Gasteiger partial charge in [0.25, 0.3) is 5.56 Å². The van der Waals surface area contributed by atoms with Crippen LogP contribution < -0.4 is 11.2 Å². The van der Waals surface area contributed by atoms with Crippen molar-refractivity contribution >= 4 is 17.1 Å². The second kappa shape index (κ2) is 9.86. The Kier molecular flexibility index (Phi) is 6.71. The summed E-state index contributed by atoms with van der Waals surface area (Å²) in [5.41, 5.74) is 0.0166. The standard InChI is InChI=1S/C23H25FN6O4/c1-3-5-11-29-20-19(21(31)26-23(29)33)28(10-4-2)18(25-20)14-34-22(32)17-9-12-30(27-17)16-8-6-7-15(24)13-16/h6-9,12-13H,3-5,10-11,14H2,1-2H3,(H,26,31,33). The summed E-state index contributed by atoms with van der Waals surface area (Å²) in [4.78, 5) is 44.4. The van der Waals surface area contributed by atoms with Gasteiger partial charge in [-0.1, -0.05) is 26.3 Å². The van der Waals surface area contributed by atoms with Gasteiger partial charge < -0.3 is 9.30 Å². The van der Waals surface area contributed by atoms with Gasteiger partial charge in [-0.15, -0.1) is 0 Å². The van der Waals surface area contributed by atoms with Crippen LogP contribution in [0.15, 0.2) is 46.1 Å². The van der Waals surface area contributed by atoms with Gasteiger partial charge in [0.1, 0.15) is 18.2 Å². The number of imidazole rings is 1. The summed E-state index contributed by atoms with van der Waals surface area (Å²) in [6.07, 6.45) is 3.86. The SMILES string of the molecule is CCCCn1c(=O)[nH]c(=O)c2c1nc(COC(=O)c1ccn(-c3cccc(F)c3)n1)n2CCC. The fourth-order valence-corrected chi connectivity index (χ4v) is 3.72. The predicted molar refractivity (Wildman–Crippen MR) is 122 cm³/mol. The number of carbonyl (C=O) groups is 1. The molecule has 0 aliphatic carbocycles. The third-order valence-electron chi connectivity index (χ3n) is 5.35. The zero-order valence-electron chi connectivity index (χ0n) is 19.0. The number of nitrogens with zero attached hydrogens (tertiary/aromatic N) is 5. The number of H-pyrrole nitrogens is 1. The van der Waals surface area contributed by atoms with Gasteiger partial charge in [0.05, 0.1) is 5.69 Å². The summed E-state index contributed by atoms with van der Waals surface area (Å²) in [5, 5.41) is 4.16. The molecule has 0 saturated heterocycles. The Labute approximate surface area is 193 Å². The van der Waals surface area contributed by atoms with Gasteiger partial charge in [0.2, 0.25) is 0 Å². The molecule has 4 rings (SSSR count). The molecule has 1 aromatic carbocycles. The Morgan fingerprint density at radius 1 is 1.12 bits per heavy atom. The molecule has 0 unspecified atom stereocenters. The topological polar surface area (TPSA) is 117 Å². The molecule has 0 atom stereocenters. The average molecular weight is 468 g/mol. The summed E-state index contributed by atoms with van der Waals surface area (Å²) < 4.78 is 23.4. The second-order valence-electron chi connectivity index (χ2n) is 7.82. The summed E-state index contributed by atoms with van der Waals surface area (Å²) in [7, 11) is 0. The van der Waals surface area contributed by atoms with Crippen molar-refractivity contribution in [2.45, 2.75) is 52.8 Å². The number of ether oxygens (including phenoxy) is 1. The van der Waals surface area contributed by atoms with Crippen LogP contribution in [0.25, 0.3) is 16.9 Å². The molecule has 0 aliphatic heterocycles. The van der Waals surface area contributed by atoms with Gasteiger partial charge in [-0.25, -0.2) is 23.6 Å². The van der Waals surface area contributed by atoms with Crippen molar-refractivity contribution in [3.8, 4) is 5.69 Å². The molecule has 34 heavy (non-hydrogen) atoms. The number of aryl methyl sites for hydroxylation is 2. The lowest BCUT2D eigenvalue weighted by Gasteiger charge is -2.08. The predicted octanol–water partition coefficient (Wildman–Crippen LogP) is 2.78. The first kappa shape index (κ1) is 23.1. The van der Waals surface area contributed by atoms with Crippen LogP contribution in [-0.4, -0.2) is 34.9 Å². The van der Waals surface area contributed by atoms with Crippen molar-refractivity contribution in [3.63, 3.8) is 0 Å². The molecule has 0 amide bonds. The quantitative estimate of drug-likeness (QED) is 0.378. The molecule has 3 heterocycles. The Morgan fingerprint density at radius 2 is 1.94 bits per heavy atom. The van der Waals surface area contributed by atoms with Crippen LogP contribution in [0, 0.1) is 5.82 Å². The summed E-state index contributed by atoms with van der Waals surface area (Å²) >= 11 is 0. The molecule has 178 valence electrons. The minimum atomic E-state index is -0.692. The van der Waals surface area contributed by atoms with Crippen molar-refractivity contribution in [2.75, 3.05) is 0 Å². The molecule has 0 fully saturated rings. The minimum Gasteiger partial charge on any atom is -0.453 e. The molecule has 0 bridgehead atoms. The molecule has 0 spiro atoms. The Morgan fingerprint density at radius 3 is 2.68 bits per heavy atom.